The Morgan fingerprint density at radius 3 is 2.33 bits per heavy atom. The van der Waals surface area contributed by atoms with Crippen LogP contribution in [0.1, 0.15) is 45.8 Å². The number of hydrogen-bond donors (Lipinski definition) is 1. The van der Waals surface area contributed by atoms with Gasteiger partial charge in [-0.05, 0) is 99.1 Å². The third-order valence-electron chi connectivity index (χ3n) is 6.73. The van der Waals surface area contributed by atoms with Crippen LogP contribution < -0.4 is 19.6 Å². The number of aryl methyl sites for hydroxylation is 2. The molecular formula is C34H30Cl3N3O5. The monoisotopic (exact) mass is 665 g/mol. The predicted octanol–water partition coefficient (Wildman–Crippen LogP) is 8.97. The van der Waals surface area contributed by atoms with E-state index in [0.717, 1.165) is 22.6 Å². The summed E-state index contributed by atoms with van der Waals surface area (Å²) in [6.07, 6.45) is 1.44. The molecular weight excluding hydrogens is 637 g/mol. The fourth-order valence-corrected chi connectivity index (χ4v) is 5.31. The maximum atomic E-state index is 12.6. The van der Waals surface area contributed by atoms with Crippen molar-refractivity contribution in [3.8, 4) is 22.9 Å². The van der Waals surface area contributed by atoms with Crippen LogP contribution in [0.5, 0.6) is 17.2 Å². The average Bonchev–Trinajstić information content (AvgIpc) is 3.63. The van der Waals surface area contributed by atoms with Gasteiger partial charge in [0.1, 0.15) is 24.7 Å². The summed E-state index contributed by atoms with van der Waals surface area (Å²) in [5.41, 5.74) is 7.16. The lowest BCUT2D eigenvalue weighted by molar-refractivity contribution is 0.0923. The van der Waals surface area contributed by atoms with Crippen molar-refractivity contribution < 1.29 is 23.4 Å². The van der Waals surface area contributed by atoms with Gasteiger partial charge in [-0.2, -0.15) is 5.10 Å². The topological polar surface area (TPSA) is 87.2 Å². The standard InChI is InChI=1S/C34H30Cl3N3O5/c1-4-42-32-16-23(15-30(37)33(32)44-19-24-7-8-25(35)17-29(24)36)18-38-39-34(41)31-14-13-28(45-31)20-43-27-11-9-26(10-12-27)40-21(2)5-6-22(40)3/h5-18H,4,19-20H2,1-3H3,(H,39,41)/b38-18+. The fourth-order valence-electron chi connectivity index (χ4n) is 4.57. The van der Waals surface area contributed by atoms with Crippen LogP contribution in [0.15, 0.2) is 88.4 Å². The highest BCUT2D eigenvalue weighted by molar-refractivity contribution is 6.35. The van der Waals surface area contributed by atoms with Crippen LogP contribution in [0.4, 0.5) is 0 Å². The third kappa shape index (κ3) is 8.02. The van der Waals surface area contributed by atoms with Gasteiger partial charge in [0.15, 0.2) is 17.3 Å². The van der Waals surface area contributed by atoms with Crippen molar-refractivity contribution in [2.75, 3.05) is 6.61 Å². The van der Waals surface area contributed by atoms with Gasteiger partial charge in [-0.3, -0.25) is 4.79 Å². The van der Waals surface area contributed by atoms with Crippen molar-refractivity contribution in [3.63, 3.8) is 0 Å². The van der Waals surface area contributed by atoms with Gasteiger partial charge < -0.3 is 23.2 Å². The van der Waals surface area contributed by atoms with Crippen molar-refractivity contribution in [1.82, 2.24) is 9.99 Å². The summed E-state index contributed by atoms with van der Waals surface area (Å²) in [7, 11) is 0. The van der Waals surface area contributed by atoms with E-state index in [1.807, 2.05) is 31.2 Å². The Morgan fingerprint density at radius 1 is 0.867 bits per heavy atom. The molecule has 11 heteroatoms. The highest BCUT2D eigenvalue weighted by atomic mass is 35.5. The number of halogens is 3. The number of carbonyl (C=O) groups is 1. The van der Waals surface area contributed by atoms with Crippen molar-refractivity contribution in [2.45, 2.75) is 34.0 Å². The first kappa shape index (κ1) is 32.0. The zero-order valence-electron chi connectivity index (χ0n) is 24.8. The number of furan rings is 1. The van der Waals surface area contributed by atoms with Gasteiger partial charge in [0.25, 0.3) is 0 Å². The summed E-state index contributed by atoms with van der Waals surface area (Å²) < 4.78 is 25.4. The minimum absolute atomic E-state index is 0.0947. The molecule has 0 unspecified atom stereocenters. The molecule has 0 aliphatic rings. The number of hydrazone groups is 1. The minimum atomic E-state index is -0.518. The molecule has 0 aliphatic heterocycles. The molecule has 45 heavy (non-hydrogen) atoms. The molecule has 3 aromatic carbocycles. The normalized spacial score (nSPS) is 11.2. The first-order valence-electron chi connectivity index (χ1n) is 14.0. The second-order valence-corrected chi connectivity index (χ2v) is 11.2. The smallest absolute Gasteiger partial charge is 0.307 e. The molecule has 2 aromatic heterocycles. The molecule has 0 fully saturated rings. The Hall–Kier alpha value is -4.37. The molecule has 1 amide bonds. The lowest BCUT2D eigenvalue weighted by Crippen LogP contribution is -2.16. The Bertz CT molecular complexity index is 1810. The number of hydrogen-bond acceptors (Lipinski definition) is 6. The van der Waals surface area contributed by atoms with Crippen LogP contribution in [-0.2, 0) is 13.2 Å². The van der Waals surface area contributed by atoms with Crippen molar-refractivity contribution in [3.05, 3.63) is 128 Å². The maximum Gasteiger partial charge on any atom is 0.307 e. The molecule has 0 saturated carbocycles. The minimum Gasteiger partial charge on any atom is -0.490 e. The third-order valence-corrected chi connectivity index (χ3v) is 7.60. The predicted molar refractivity (Wildman–Crippen MR) is 177 cm³/mol. The fraction of sp³-hybridized carbons (Fsp3) is 0.176. The van der Waals surface area contributed by atoms with Gasteiger partial charge in [-0.15, -0.1) is 0 Å². The summed E-state index contributed by atoms with van der Waals surface area (Å²) in [6, 6.07) is 23.7. The lowest BCUT2D eigenvalue weighted by Gasteiger charge is -2.15. The van der Waals surface area contributed by atoms with Gasteiger partial charge in [-0.25, -0.2) is 5.43 Å². The molecule has 5 aromatic rings. The van der Waals surface area contributed by atoms with Gasteiger partial charge >= 0.3 is 5.91 Å². The van der Waals surface area contributed by atoms with Crippen molar-refractivity contribution in [1.29, 1.82) is 0 Å². The summed E-state index contributed by atoms with van der Waals surface area (Å²) in [6.45, 7) is 6.69. The molecule has 0 atom stereocenters. The highest BCUT2D eigenvalue weighted by Gasteiger charge is 2.15. The first-order valence-corrected chi connectivity index (χ1v) is 15.2. The van der Waals surface area contributed by atoms with Crippen LogP contribution in [0.25, 0.3) is 5.69 Å². The summed E-state index contributed by atoms with van der Waals surface area (Å²) in [5, 5.41) is 5.36. The number of benzene rings is 3. The van der Waals surface area contributed by atoms with Crippen LogP contribution in [0.3, 0.4) is 0 Å². The second kappa shape index (κ2) is 14.6. The van der Waals surface area contributed by atoms with E-state index < -0.39 is 5.91 Å². The van der Waals surface area contributed by atoms with Crippen LogP contribution >= 0.6 is 34.8 Å². The zero-order valence-corrected chi connectivity index (χ0v) is 27.0. The number of nitrogens with zero attached hydrogens (tertiary/aromatic N) is 2. The van der Waals surface area contributed by atoms with E-state index in [1.165, 1.54) is 6.21 Å². The Kier molecular flexibility index (Phi) is 10.4. The van der Waals surface area contributed by atoms with E-state index in [2.05, 4.69) is 41.1 Å². The molecule has 0 radical (unpaired) electrons. The van der Waals surface area contributed by atoms with Gasteiger partial charge in [-0.1, -0.05) is 40.9 Å². The molecule has 0 saturated heterocycles. The van der Waals surface area contributed by atoms with E-state index in [-0.39, 0.29) is 19.0 Å². The molecule has 0 bridgehead atoms. The SMILES string of the molecule is CCOc1cc(/C=N/NC(=O)c2ccc(COc3ccc(-n4c(C)ccc4C)cc3)o2)cc(Cl)c1OCc1ccc(Cl)cc1Cl. The summed E-state index contributed by atoms with van der Waals surface area (Å²) in [5.74, 6) is 1.53. The van der Waals surface area contributed by atoms with E-state index in [9.17, 15) is 4.79 Å². The number of aromatic nitrogens is 1. The first-order chi connectivity index (χ1) is 21.7. The van der Waals surface area contributed by atoms with Crippen LogP contribution in [0, 0.1) is 13.8 Å². The molecule has 0 spiro atoms. The van der Waals surface area contributed by atoms with Crippen LogP contribution in [-0.4, -0.2) is 23.3 Å². The zero-order chi connectivity index (χ0) is 31.9. The average molecular weight is 667 g/mol. The van der Waals surface area contributed by atoms with Gasteiger partial charge in [0, 0.05) is 32.7 Å². The molecule has 5 rings (SSSR count). The Labute approximate surface area is 276 Å². The maximum absolute atomic E-state index is 12.6. The number of rotatable bonds is 12. The lowest BCUT2D eigenvalue weighted by atomic mass is 10.2. The van der Waals surface area contributed by atoms with Crippen LogP contribution in [0.2, 0.25) is 15.1 Å². The number of ether oxygens (including phenoxy) is 3. The number of carbonyl (C=O) groups excluding carboxylic acids is 1. The molecule has 0 aliphatic carbocycles. The van der Waals surface area contributed by atoms with Gasteiger partial charge in [0.05, 0.1) is 17.8 Å². The molecule has 1 N–H and O–H groups in total. The Balaban J connectivity index is 1.16. The van der Waals surface area contributed by atoms with Crippen molar-refractivity contribution >= 4 is 46.9 Å². The quantitative estimate of drug-likeness (QED) is 0.106. The number of amides is 1. The Morgan fingerprint density at radius 2 is 1.62 bits per heavy atom. The van der Waals surface area contributed by atoms with Gasteiger partial charge in [0.2, 0.25) is 0 Å². The van der Waals surface area contributed by atoms with E-state index >= 15 is 0 Å². The highest BCUT2D eigenvalue weighted by Crippen LogP contribution is 2.37. The second-order valence-electron chi connectivity index (χ2n) is 9.99. The summed E-state index contributed by atoms with van der Waals surface area (Å²) >= 11 is 18.8. The molecule has 232 valence electrons. The van der Waals surface area contributed by atoms with E-state index in [1.54, 1.807) is 42.5 Å². The summed E-state index contributed by atoms with van der Waals surface area (Å²) in [4.78, 5) is 12.6. The van der Waals surface area contributed by atoms with Crippen molar-refractivity contribution in [2.24, 2.45) is 5.10 Å². The largest absolute Gasteiger partial charge is 0.490 e. The molecule has 8 nitrogen and oxygen atoms in total. The molecule has 2 heterocycles. The van der Waals surface area contributed by atoms with E-state index in [0.29, 0.717) is 50.2 Å². The number of nitrogens with one attached hydrogen (secondary N) is 1. The van der Waals surface area contributed by atoms with E-state index in [4.69, 9.17) is 53.4 Å².